The lowest BCUT2D eigenvalue weighted by Crippen LogP contribution is -2.57. The molecule has 5 atom stereocenters. The molecular formula is C18H24O3. The molecule has 21 heavy (non-hydrogen) atoms. The Morgan fingerprint density at radius 1 is 1.14 bits per heavy atom. The van der Waals surface area contributed by atoms with Crippen LogP contribution in [0.1, 0.15) is 56.1 Å². The van der Waals surface area contributed by atoms with E-state index in [1.54, 1.807) is 6.07 Å². The maximum absolute atomic E-state index is 11.4. The number of aromatic hydroxyl groups is 1. The van der Waals surface area contributed by atoms with Gasteiger partial charge in [0, 0.05) is 5.41 Å². The van der Waals surface area contributed by atoms with Crippen molar-refractivity contribution in [2.75, 3.05) is 0 Å². The number of aliphatic hydroxyl groups excluding tert-OH is 1. The van der Waals surface area contributed by atoms with Crippen LogP contribution >= 0.6 is 0 Å². The molecule has 0 aliphatic heterocycles. The molecule has 2 saturated carbocycles. The van der Waals surface area contributed by atoms with Crippen LogP contribution in [-0.4, -0.2) is 27.0 Å². The molecule has 4 rings (SSSR count). The van der Waals surface area contributed by atoms with Gasteiger partial charge >= 0.3 is 0 Å². The lowest BCUT2D eigenvalue weighted by molar-refractivity contribution is -0.162. The fourth-order valence-electron chi connectivity index (χ4n) is 5.52. The van der Waals surface area contributed by atoms with Gasteiger partial charge in [-0.1, -0.05) is 13.0 Å². The van der Waals surface area contributed by atoms with Crippen molar-refractivity contribution in [1.82, 2.24) is 0 Å². The summed E-state index contributed by atoms with van der Waals surface area (Å²) in [5, 5.41) is 31.5. The topological polar surface area (TPSA) is 60.7 Å². The molecule has 1 aromatic carbocycles. The van der Waals surface area contributed by atoms with E-state index >= 15 is 0 Å². The Morgan fingerprint density at radius 2 is 1.95 bits per heavy atom. The molecule has 2 unspecified atom stereocenters. The van der Waals surface area contributed by atoms with Crippen molar-refractivity contribution in [1.29, 1.82) is 0 Å². The molecule has 3 N–H and O–H groups in total. The molecule has 0 amide bonds. The summed E-state index contributed by atoms with van der Waals surface area (Å²) in [6.07, 6.45) is 4.85. The molecule has 1 aromatic rings. The number of rotatable bonds is 0. The summed E-state index contributed by atoms with van der Waals surface area (Å²) in [6, 6.07) is 5.69. The summed E-state index contributed by atoms with van der Waals surface area (Å²) in [4.78, 5) is 0. The molecule has 3 aliphatic rings. The number of hydrogen-bond donors (Lipinski definition) is 3. The molecular weight excluding hydrogens is 264 g/mol. The normalized spacial score (nSPS) is 44.8. The van der Waals surface area contributed by atoms with Gasteiger partial charge in [-0.25, -0.2) is 0 Å². The molecule has 3 aliphatic carbocycles. The minimum Gasteiger partial charge on any atom is -0.508 e. The fourth-order valence-corrected chi connectivity index (χ4v) is 5.52. The zero-order valence-corrected chi connectivity index (χ0v) is 12.5. The van der Waals surface area contributed by atoms with Gasteiger partial charge in [-0.15, -0.1) is 0 Å². The standard InChI is InChI=1S/C18H24O3/c1-17-8-6-14-13-4-3-12(19)10-11(13)2-5-15(14)18(17,21)9-7-16(17)20/h3-4,10,14-16,19-21H,2,5-9H2,1H3/t14?,15?,16-,17-,18+/m1/s1. The highest BCUT2D eigenvalue weighted by Gasteiger charge is 2.63. The van der Waals surface area contributed by atoms with Crippen molar-refractivity contribution in [3.05, 3.63) is 29.3 Å². The molecule has 0 bridgehead atoms. The second kappa shape index (κ2) is 4.23. The maximum Gasteiger partial charge on any atom is 0.115 e. The van der Waals surface area contributed by atoms with Crippen molar-refractivity contribution in [2.45, 2.75) is 63.1 Å². The zero-order chi connectivity index (χ0) is 14.8. The fraction of sp³-hybridized carbons (Fsp3) is 0.667. The van der Waals surface area contributed by atoms with Crippen molar-refractivity contribution < 1.29 is 15.3 Å². The van der Waals surface area contributed by atoms with E-state index in [4.69, 9.17) is 0 Å². The summed E-state index contributed by atoms with van der Waals surface area (Å²) in [5.74, 6) is 0.950. The van der Waals surface area contributed by atoms with Gasteiger partial charge in [-0.2, -0.15) is 0 Å². The number of hydrogen-bond acceptors (Lipinski definition) is 3. The SMILES string of the molecule is C[C@]12CCC3c4ccc(O)cc4CCC3[C@@]1(O)CC[C@H]2O. The monoisotopic (exact) mass is 288 g/mol. The minimum absolute atomic E-state index is 0.241. The van der Waals surface area contributed by atoms with E-state index in [0.717, 1.165) is 38.5 Å². The van der Waals surface area contributed by atoms with Gasteiger partial charge in [0.1, 0.15) is 5.75 Å². The molecule has 3 nitrogen and oxygen atoms in total. The number of aryl methyl sites for hydroxylation is 1. The Balaban J connectivity index is 1.77. The zero-order valence-electron chi connectivity index (χ0n) is 12.5. The number of phenolic OH excluding ortho intramolecular Hbond substituents is 1. The van der Waals surface area contributed by atoms with Crippen LogP contribution in [0.2, 0.25) is 0 Å². The van der Waals surface area contributed by atoms with Crippen LogP contribution in [0, 0.1) is 11.3 Å². The van der Waals surface area contributed by atoms with Crippen molar-refractivity contribution in [3.63, 3.8) is 0 Å². The third-order valence-electron chi connectivity index (χ3n) is 6.85. The summed E-state index contributed by atoms with van der Waals surface area (Å²) >= 11 is 0. The summed E-state index contributed by atoms with van der Waals surface area (Å²) in [6.45, 7) is 2.08. The lowest BCUT2D eigenvalue weighted by Gasteiger charge is -2.55. The van der Waals surface area contributed by atoms with Gasteiger partial charge in [-0.05, 0) is 73.6 Å². The highest BCUT2D eigenvalue weighted by molar-refractivity contribution is 5.41. The third-order valence-corrected chi connectivity index (χ3v) is 6.85. The first kappa shape index (κ1) is 13.6. The van der Waals surface area contributed by atoms with Gasteiger partial charge in [0.25, 0.3) is 0 Å². The van der Waals surface area contributed by atoms with Crippen LogP contribution in [0.5, 0.6) is 5.75 Å². The Labute approximate surface area is 125 Å². The van der Waals surface area contributed by atoms with Crippen LogP contribution in [0.25, 0.3) is 0 Å². The Kier molecular flexibility index (Phi) is 2.74. The highest BCUT2D eigenvalue weighted by Crippen LogP contribution is 2.63. The minimum atomic E-state index is -0.731. The summed E-state index contributed by atoms with van der Waals surface area (Å²) < 4.78 is 0. The largest absolute Gasteiger partial charge is 0.508 e. The molecule has 0 radical (unpaired) electrons. The van der Waals surface area contributed by atoms with E-state index in [0.29, 0.717) is 11.7 Å². The predicted molar refractivity (Wildman–Crippen MR) is 80.2 cm³/mol. The van der Waals surface area contributed by atoms with Crippen LogP contribution in [0.4, 0.5) is 0 Å². The quantitative estimate of drug-likeness (QED) is 0.688. The van der Waals surface area contributed by atoms with Gasteiger partial charge in [0.15, 0.2) is 0 Å². The second-order valence-corrected chi connectivity index (χ2v) is 7.57. The molecule has 3 heteroatoms. The Hall–Kier alpha value is -1.06. The van der Waals surface area contributed by atoms with Crippen LogP contribution < -0.4 is 0 Å². The van der Waals surface area contributed by atoms with Crippen molar-refractivity contribution in [2.24, 2.45) is 11.3 Å². The number of fused-ring (bicyclic) bond motifs is 5. The van der Waals surface area contributed by atoms with Gasteiger partial charge in [-0.3, -0.25) is 0 Å². The average molecular weight is 288 g/mol. The Morgan fingerprint density at radius 3 is 2.76 bits per heavy atom. The van der Waals surface area contributed by atoms with E-state index < -0.39 is 5.60 Å². The third kappa shape index (κ3) is 1.62. The molecule has 0 heterocycles. The molecule has 0 aromatic heterocycles. The Bertz CT molecular complexity index is 584. The smallest absolute Gasteiger partial charge is 0.115 e. The van der Waals surface area contributed by atoms with E-state index in [1.165, 1.54) is 11.1 Å². The first-order valence-corrected chi connectivity index (χ1v) is 8.18. The van der Waals surface area contributed by atoms with Crippen molar-refractivity contribution in [3.8, 4) is 5.75 Å². The van der Waals surface area contributed by atoms with Crippen LogP contribution in [0.15, 0.2) is 18.2 Å². The first-order valence-electron chi connectivity index (χ1n) is 8.18. The van der Waals surface area contributed by atoms with E-state index in [9.17, 15) is 15.3 Å². The molecule has 114 valence electrons. The van der Waals surface area contributed by atoms with Gasteiger partial charge in [0.2, 0.25) is 0 Å². The predicted octanol–water partition coefficient (Wildman–Crippen LogP) is 2.72. The van der Waals surface area contributed by atoms with E-state index in [-0.39, 0.29) is 17.4 Å². The highest BCUT2D eigenvalue weighted by atomic mass is 16.3. The number of benzene rings is 1. The second-order valence-electron chi connectivity index (χ2n) is 7.57. The van der Waals surface area contributed by atoms with Crippen molar-refractivity contribution >= 4 is 0 Å². The first-order chi connectivity index (χ1) is 9.96. The molecule has 0 spiro atoms. The maximum atomic E-state index is 11.4. The van der Waals surface area contributed by atoms with Crippen LogP contribution in [0.3, 0.4) is 0 Å². The molecule has 0 saturated heterocycles. The number of phenols is 1. The van der Waals surface area contributed by atoms with E-state index in [1.807, 2.05) is 12.1 Å². The van der Waals surface area contributed by atoms with Crippen LogP contribution in [-0.2, 0) is 6.42 Å². The lowest BCUT2D eigenvalue weighted by atomic mass is 9.53. The van der Waals surface area contributed by atoms with Gasteiger partial charge < -0.3 is 15.3 Å². The number of aliphatic hydroxyl groups is 2. The summed E-state index contributed by atoms with van der Waals surface area (Å²) in [7, 11) is 0. The van der Waals surface area contributed by atoms with Gasteiger partial charge in [0.05, 0.1) is 11.7 Å². The van der Waals surface area contributed by atoms with E-state index in [2.05, 4.69) is 6.92 Å². The average Bonchev–Trinajstić information content (AvgIpc) is 2.71. The molecule has 2 fully saturated rings. The summed E-state index contributed by atoms with van der Waals surface area (Å²) in [5.41, 5.74) is 1.47.